The zero-order chi connectivity index (χ0) is 10.7. The van der Waals surface area contributed by atoms with Crippen LogP contribution in [0.3, 0.4) is 0 Å². The number of nitrogens with one attached hydrogen (secondary N) is 1. The van der Waals surface area contributed by atoms with E-state index in [1.165, 1.54) is 12.1 Å². The molecule has 0 fully saturated rings. The molecule has 2 N–H and O–H groups in total. The van der Waals surface area contributed by atoms with E-state index in [4.69, 9.17) is 23.2 Å². The van der Waals surface area contributed by atoms with Crippen molar-refractivity contribution in [3.8, 4) is 5.75 Å². The maximum Gasteiger partial charge on any atom is 0.247 e. The third kappa shape index (κ3) is 2.40. The van der Waals surface area contributed by atoms with E-state index in [9.17, 15) is 9.90 Å². The molecular formula is C9H7Cl2NO2. The summed E-state index contributed by atoms with van der Waals surface area (Å²) in [6.45, 7) is 3.29. The molecule has 0 saturated carbocycles. The SMILES string of the molecule is C=CC(=O)Nc1cc(Cl)c(O)c(Cl)c1. The monoisotopic (exact) mass is 231 g/mol. The van der Waals surface area contributed by atoms with Crippen LogP contribution in [-0.2, 0) is 4.79 Å². The number of aromatic hydroxyl groups is 1. The van der Waals surface area contributed by atoms with Crippen LogP contribution in [0.1, 0.15) is 0 Å². The van der Waals surface area contributed by atoms with Gasteiger partial charge in [-0.05, 0) is 18.2 Å². The molecule has 0 atom stereocenters. The fourth-order valence-electron chi connectivity index (χ4n) is 0.831. The smallest absolute Gasteiger partial charge is 0.247 e. The Morgan fingerprint density at radius 2 is 1.93 bits per heavy atom. The molecule has 0 heterocycles. The first-order valence-electron chi connectivity index (χ1n) is 3.66. The van der Waals surface area contributed by atoms with Gasteiger partial charge in [-0.25, -0.2) is 0 Å². The second-order valence-corrected chi connectivity index (χ2v) is 3.30. The van der Waals surface area contributed by atoms with Crippen LogP contribution in [0.5, 0.6) is 5.75 Å². The number of hydrogen-bond donors (Lipinski definition) is 2. The van der Waals surface area contributed by atoms with Gasteiger partial charge in [0.05, 0.1) is 10.0 Å². The van der Waals surface area contributed by atoms with Crippen LogP contribution in [0, 0.1) is 0 Å². The van der Waals surface area contributed by atoms with E-state index in [1.807, 2.05) is 0 Å². The van der Waals surface area contributed by atoms with E-state index in [2.05, 4.69) is 11.9 Å². The van der Waals surface area contributed by atoms with Crippen LogP contribution in [-0.4, -0.2) is 11.0 Å². The molecular weight excluding hydrogens is 225 g/mol. The molecule has 14 heavy (non-hydrogen) atoms. The number of carbonyl (C=O) groups excluding carboxylic acids is 1. The normalized spacial score (nSPS) is 9.57. The predicted octanol–water partition coefficient (Wildman–Crippen LogP) is 2.82. The van der Waals surface area contributed by atoms with E-state index in [1.54, 1.807) is 0 Å². The average molecular weight is 232 g/mol. The van der Waals surface area contributed by atoms with Crippen molar-refractivity contribution in [3.05, 3.63) is 34.8 Å². The van der Waals surface area contributed by atoms with Gasteiger partial charge in [0.1, 0.15) is 0 Å². The van der Waals surface area contributed by atoms with Crippen LogP contribution in [0.2, 0.25) is 10.0 Å². The Labute approximate surface area is 90.9 Å². The highest BCUT2D eigenvalue weighted by molar-refractivity contribution is 6.37. The van der Waals surface area contributed by atoms with E-state index in [-0.39, 0.29) is 21.7 Å². The highest BCUT2D eigenvalue weighted by Gasteiger charge is 2.07. The standard InChI is InChI=1S/C9H7Cl2NO2/c1-2-8(13)12-5-3-6(10)9(14)7(11)4-5/h2-4,14H,1H2,(H,12,13). The maximum atomic E-state index is 10.9. The Bertz CT molecular complexity index is 367. The van der Waals surface area contributed by atoms with Crippen molar-refractivity contribution >= 4 is 34.8 Å². The van der Waals surface area contributed by atoms with Crippen LogP contribution in [0.25, 0.3) is 0 Å². The van der Waals surface area contributed by atoms with Crippen molar-refractivity contribution in [2.24, 2.45) is 0 Å². The number of phenolic OH excluding ortho intramolecular Hbond substituents is 1. The molecule has 0 aliphatic heterocycles. The van der Waals surface area contributed by atoms with Crippen molar-refractivity contribution in [2.45, 2.75) is 0 Å². The van der Waals surface area contributed by atoms with Crippen molar-refractivity contribution in [1.29, 1.82) is 0 Å². The molecule has 0 aliphatic carbocycles. The summed E-state index contributed by atoms with van der Waals surface area (Å²) >= 11 is 11.3. The Morgan fingerprint density at radius 1 is 1.43 bits per heavy atom. The molecule has 0 radical (unpaired) electrons. The number of anilines is 1. The fourth-order valence-corrected chi connectivity index (χ4v) is 1.32. The van der Waals surface area contributed by atoms with Gasteiger partial charge in [0.25, 0.3) is 0 Å². The molecule has 0 aromatic heterocycles. The first-order chi connectivity index (χ1) is 6.54. The summed E-state index contributed by atoms with van der Waals surface area (Å²) in [5, 5.41) is 11.8. The van der Waals surface area contributed by atoms with E-state index in [0.717, 1.165) is 6.08 Å². The third-order valence-corrected chi connectivity index (χ3v) is 2.05. The molecule has 1 aromatic carbocycles. The van der Waals surface area contributed by atoms with Crippen LogP contribution >= 0.6 is 23.2 Å². The van der Waals surface area contributed by atoms with Crippen molar-refractivity contribution < 1.29 is 9.90 Å². The van der Waals surface area contributed by atoms with Gasteiger partial charge in [0.2, 0.25) is 5.91 Å². The Kier molecular flexibility index (Phi) is 3.38. The maximum absolute atomic E-state index is 10.9. The molecule has 0 bridgehead atoms. The van der Waals surface area contributed by atoms with Crippen LogP contribution in [0.4, 0.5) is 5.69 Å². The topological polar surface area (TPSA) is 49.3 Å². The van der Waals surface area contributed by atoms with Gasteiger partial charge >= 0.3 is 0 Å². The van der Waals surface area contributed by atoms with Gasteiger partial charge in [-0.15, -0.1) is 0 Å². The van der Waals surface area contributed by atoms with Gasteiger partial charge in [-0.2, -0.15) is 0 Å². The Morgan fingerprint density at radius 3 is 2.36 bits per heavy atom. The summed E-state index contributed by atoms with van der Waals surface area (Å²) in [4.78, 5) is 10.9. The molecule has 5 heteroatoms. The molecule has 0 unspecified atom stereocenters. The van der Waals surface area contributed by atoms with Crippen molar-refractivity contribution in [2.75, 3.05) is 5.32 Å². The lowest BCUT2D eigenvalue weighted by molar-refractivity contribution is -0.111. The summed E-state index contributed by atoms with van der Waals surface area (Å²) in [5.74, 6) is -0.576. The number of rotatable bonds is 2. The molecule has 1 rings (SSSR count). The highest BCUT2D eigenvalue weighted by Crippen LogP contribution is 2.34. The molecule has 74 valence electrons. The Balaban J connectivity index is 3.01. The quantitative estimate of drug-likeness (QED) is 0.608. The molecule has 3 nitrogen and oxygen atoms in total. The summed E-state index contributed by atoms with van der Waals surface area (Å²) in [5.41, 5.74) is 0.405. The summed E-state index contributed by atoms with van der Waals surface area (Å²) in [7, 11) is 0. The minimum absolute atomic E-state index is 0.0804. The molecule has 0 aliphatic rings. The summed E-state index contributed by atoms with van der Waals surface area (Å²) in [6, 6.07) is 2.79. The Hall–Kier alpha value is -1.19. The first-order valence-corrected chi connectivity index (χ1v) is 4.41. The van der Waals surface area contributed by atoms with Crippen molar-refractivity contribution in [1.82, 2.24) is 0 Å². The third-order valence-electron chi connectivity index (χ3n) is 1.47. The zero-order valence-corrected chi connectivity index (χ0v) is 8.56. The van der Waals surface area contributed by atoms with Gasteiger partial charge in [-0.3, -0.25) is 4.79 Å². The van der Waals surface area contributed by atoms with Gasteiger partial charge in [0, 0.05) is 5.69 Å². The second-order valence-electron chi connectivity index (χ2n) is 2.48. The number of carbonyl (C=O) groups is 1. The summed E-state index contributed by atoms with van der Waals surface area (Å²) < 4.78 is 0. The molecule has 1 aromatic rings. The van der Waals surface area contributed by atoms with Crippen LogP contribution < -0.4 is 5.32 Å². The second kappa shape index (κ2) is 4.35. The lowest BCUT2D eigenvalue weighted by Gasteiger charge is -2.05. The molecule has 0 spiro atoms. The number of phenols is 1. The average Bonchev–Trinajstić information content (AvgIpc) is 2.14. The van der Waals surface area contributed by atoms with Crippen LogP contribution in [0.15, 0.2) is 24.8 Å². The molecule has 0 saturated heterocycles. The number of amides is 1. The van der Waals surface area contributed by atoms with E-state index >= 15 is 0 Å². The number of halogens is 2. The van der Waals surface area contributed by atoms with Crippen molar-refractivity contribution in [3.63, 3.8) is 0 Å². The zero-order valence-electron chi connectivity index (χ0n) is 7.05. The lowest BCUT2D eigenvalue weighted by atomic mass is 10.3. The highest BCUT2D eigenvalue weighted by atomic mass is 35.5. The molecule has 1 amide bonds. The number of hydrogen-bond acceptors (Lipinski definition) is 2. The number of benzene rings is 1. The fraction of sp³-hybridized carbons (Fsp3) is 0. The predicted molar refractivity (Wildman–Crippen MR) is 57.0 cm³/mol. The first kappa shape index (κ1) is 10.9. The minimum Gasteiger partial charge on any atom is -0.505 e. The van der Waals surface area contributed by atoms with E-state index in [0.29, 0.717) is 5.69 Å². The largest absolute Gasteiger partial charge is 0.505 e. The minimum atomic E-state index is -0.372. The van der Waals surface area contributed by atoms with Gasteiger partial charge < -0.3 is 10.4 Å². The van der Waals surface area contributed by atoms with Gasteiger partial charge in [0.15, 0.2) is 5.75 Å². The lowest BCUT2D eigenvalue weighted by Crippen LogP contribution is -2.06. The summed E-state index contributed by atoms with van der Waals surface area (Å²) in [6.07, 6.45) is 1.12. The van der Waals surface area contributed by atoms with Gasteiger partial charge in [-0.1, -0.05) is 29.8 Å². The van der Waals surface area contributed by atoms with E-state index < -0.39 is 0 Å².